The van der Waals surface area contributed by atoms with Crippen molar-refractivity contribution in [1.29, 1.82) is 0 Å². The predicted octanol–water partition coefficient (Wildman–Crippen LogP) is 1.62. The molecule has 0 amide bonds. The highest BCUT2D eigenvalue weighted by Crippen LogP contribution is 1.96. The number of alkyl halides is 1. The van der Waals surface area contributed by atoms with Gasteiger partial charge in [-0.2, -0.15) is 5.06 Å². The number of hydrogen-bond donors (Lipinski definition) is 0. The van der Waals surface area contributed by atoms with E-state index in [4.69, 9.17) is 4.84 Å². The van der Waals surface area contributed by atoms with Gasteiger partial charge in [-0.25, -0.2) is 0 Å². The summed E-state index contributed by atoms with van der Waals surface area (Å²) >= 11 is 0. The fraction of sp³-hybridized carbons (Fsp3) is 1.00. The van der Waals surface area contributed by atoms with Crippen LogP contribution in [0, 0.1) is 0 Å². The summed E-state index contributed by atoms with van der Waals surface area (Å²) in [4.78, 5) is 4.87. The third-order valence-electron chi connectivity index (χ3n) is 1.42. The molecular formula is C7H16FNO. The smallest absolute Gasteiger partial charge is 0.0894 e. The largest absolute Gasteiger partial charge is 0.303 e. The summed E-state index contributed by atoms with van der Waals surface area (Å²) in [5, 5.41) is 1.75. The molecule has 0 aromatic heterocycles. The molecule has 0 radical (unpaired) electrons. The summed E-state index contributed by atoms with van der Waals surface area (Å²) in [6, 6.07) is 0. The third kappa shape index (κ3) is 5.98. The Balaban J connectivity index is 2.89. The first-order chi connectivity index (χ1) is 4.81. The highest BCUT2D eigenvalue weighted by Gasteiger charge is 1.93. The molecule has 0 N–H and O–H groups in total. The molecule has 3 heteroatoms. The topological polar surface area (TPSA) is 12.5 Å². The quantitative estimate of drug-likeness (QED) is 0.420. The molecular weight excluding hydrogens is 133 g/mol. The summed E-state index contributed by atoms with van der Waals surface area (Å²) in [6.07, 6.45) is 2.63. The first-order valence-electron chi connectivity index (χ1n) is 3.62. The second kappa shape index (κ2) is 6.96. The van der Waals surface area contributed by atoms with Gasteiger partial charge in [0, 0.05) is 13.6 Å². The summed E-state index contributed by atoms with van der Waals surface area (Å²) < 4.78 is 11.6. The van der Waals surface area contributed by atoms with Gasteiger partial charge < -0.3 is 4.84 Å². The number of rotatable bonds is 6. The maximum atomic E-state index is 11.6. The van der Waals surface area contributed by atoms with Crippen LogP contribution in [0.1, 0.15) is 19.3 Å². The van der Waals surface area contributed by atoms with Gasteiger partial charge in [0.25, 0.3) is 0 Å². The fourth-order valence-electron chi connectivity index (χ4n) is 0.697. The van der Waals surface area contributed by atoms with E-state index >= 15 is 0 Å². The van der Waals surface area contributed by atoms with Crippen LogP contribution in [0.3, 0.4) is 0 Å². The minimum atomic E-state index is -0.198. The van der Waals surface area contributed by atoms with Crippen LogP contribution in [0.5, 0.6) is 0 Å². The Morgan fingerprint density at radius 1 is 1.30 bits per heavy atom. The van der Waals surface area contributed by atoms with Gasteiger partial charge in [0.1, 0.15) is 0 Å². The van der Waals surface area contributed by atoms with Gasteiger partial charge in [-0.1, -0.05) is 0 Å². The minimum Gasteiger partial charge on any atom is -0.303 e. The zero-order valence-electron chi connectivity index (χ0n) is 6.77. The Labute approximate surface area is 61.9 Å². The van der Waals surface area contributed by atoms with Crippen LogP contribution >= 0.6 is 0 Å². The van der Waals surface area contributed by atoms with E-state index in [0.29, 0.717) is 6.42 Å². The molecule has 2 nitrogen and oxygen atoms in total. The van der Waals surface area contributed by atoms with Crippen LogP contribution in [0.4, 0.5) is 4.39 Å². The van der Waals surface area contributed by atoms with Gasteiger partial charge in [0.15, 0.2) is 0 Å². The minimum absolute atomic E-state index is 0.198. The molecule has 0 unspecified atom stereocenters. The molecule has 62 valence electrons. The Morgan fingerprint density at radius 3 is 2.50 bits per heavy atom. The van der Waals surface area contributed by atoms with E-state index in [-0.39, 0.29) is 6.67 Å². The van der Waals surface area contributed by atoms with Crippen molar-refractivity contribution in [3.63, 3.8) is 0 Å². The molecule has 0 saturated carbocycles. The van der Waals surface area contributed by atoms with Crippen molar-refractivity contribution in [3.05, 3.63) is 0 Å². The highest BCUT2D eigenvalue weighted by molar-refractivity contribution is 4.42. The van der Waals surface area contributed by atoms with Crippen molar-refractivity contribution in [3.8, 4) is 0 Å². The molecule has 0 heterocycles. The van der Waals surface area contributed by atoms with Crippen molar-refractivity contribution in [2.24, 2.45) is 0 Å². The molecule has 0 aromatic rings. The molecule has 0 saturated heterocycles. The number of halogens is 1. The molecule has 0 rings (SSSR count). The Morgan fingerprint density at radius 2 is 2.00 bits per heavy atom. The molecule has 0 aliphatic carbocycles. The Bertz CT molecular complexity index is 70.6. The second-order valence-electron chi connectivity index (χ2n) is 2.28. The van der Waals surface area contributed by atoms with Crippen molar-refractivity contribution in [1.82, 2.24) is 5.06 Å². The Kier molecular flexibility index (Phi) is 6.86. The van der Waals surface area contributed by atoms with Crippen molar-refractivity contribution in [2.45, 2.75) is 19.3 Å². The van der Waals surface area contributed by atoms with E-state index in [1.165, 1.54) is 0 Å². The molecule has 0 aromatic carbocycles. The van der Waals surface area contributed by atoms with Gasteiger partial charge in [0.05, 0.1) is 13.8 Å². The van der Waals surface area contributed by atoms with Crippen molar-refractivity contribution in [2.75, 3.05) is 27.4 Å². The average Bonchev–Trinajstić information content (AvgIpc) is 1.98. The first kappa shape index (κ1) is 9.85. The van der Waals surface area contributed by atoms with Crippen LogP contribution in [-0.2, 0) is 4.84 Å². The monoisotopic (exact) mass is 149 g/mol. The molecule has 10 heavy (non-hydrogen) atoms. The van der Waals surface area contributed by atoms with E-state index < -0.39 is 0 Å². The van der Waals surface area contributed by atoms with Crippen molar-refractivity contribution >= 4 is 0 Å². The normalized spacial score (nSPS) is 10.8. The summed E-state index contributed by atoms with van der Waals surface area (Å²) in [6.45, 7) is 0.688. The van der Waals surface area contributed by atoms with Crippen LogP contribution in [-0.4, -0.2) is 32.4 Å². The summed E-state index contributed by atoms with van der Waals surface area (Å²) in [5.41, 5.74) is 0. The van der Waals surface area contributed by atoms with Crippen LogP contribution in [0.2, 0.25) is 0 Å². The van der Waals surface area contributed by atoms with E-state index in [9.17, 15) is 4.39 Å². The highest BCUT2D eigenvalue weighted by atomic mass is 19.1. The van der Waals surface area contributed by atoms with Gasteiger partial charge in [-0.05, 0) is 19.3 Å². The summed E-state index contributed by atoms with van der Waals surface area (Å²) in [7, 11) is 3.50. The SMILES string of the molecule is CON(C)CCCCCF. The molecule has 0 atom stereocenters. The lowest BCUT2D eigenvalue weighted by Crippen LogP contribution is -2.17. The number of hydroxylamine groups is 2. The maximum Gasteiger partial charge on any atom is 0.0894 e. The number of nitrogens with zero attached hydrogens (tertiary/aromatic N) is 1. The van der Waals surface area contributed by atoms with Gasteiger partial charge in [-0.15, -0.1) is 0 Å². The molecule has 0 spiro atoms. The zero-order valence-corrected chi connectivity index (χ0v) is 6.77. The molecule has 0 bridgehead atoms. The van der Waals surface area contributed by atoms with Gasteiger partial charge in [-0.3, -0.25) is 4.39 Å². The van der Waals surface area contributed by atoms with Crippen LogP contribution < -0.4 is 0 Å². The predicted molar refractivity (Wildman–Crippen MR) is 39.5 cm³/mol. The fourth-order valence-corrected chi connectivity index (χ4v) is 0.697. The van der Waals surface area contributed by atoms with Crippen LogP contribution in [0.25, 0.3) is 0 Å². The lowest BCUT2D eigenvalue weighted by Gasteiger charge is -2.11. The first-order valence-corrected chi connectivity index (χ1v) is 3.62. The van der Waals surface area contributed by atoms with E-state index in [0.717, 1.165) is 19.4 Å². The third-order valence-corrected chi connectivity index (χ3v) is 1.42. The Hall–Kier alpha value is -0.150. The molecule has 0 aliphatic rings. The number of hydrogen-bond acceptors (Lipinski definition) is 2. The standard InChI is InChI=1S/C7H16FNO/c1-9(10-2)7-5-3-4-6-8/h3-7H2,1-2H3. The number of unbranched alkanes of at least 4 members (excludes halogenated alkanes) is 2. The summed E-state index contributed by atoms with van der Waals surface area (Å²) in [5.74, 6) is 0. The van der Waals surface area contributed by atoms with E-state index in [1.54, 1.807) is 12.2 Å². The lowest BCUT2D eigenvalue weighted by atomic mass is 10.2. The molecule has 0 fully saturated rings. The van der Waals surface area contributed by atoms with E-state index in [2.05, 4.69) is 0 Å². The van der Waals surface area contributed by atoms with Crippen molar-refractivity contribution < 1.29 is 9.23 Å². The lowest BCUT2D eigenvalue weighted by molar-refractivity contribution is -0.109. The van der Waals surface area contributed by atoms with E-state index in [1.807, 2.05) is 7.05 Å². The zero-order chi connectivity index (χ0) is 7.82. The van der Waals surface area contributed by atoms with Gasteiger partial charge >= 0.3 is 0 Å². The molecule has 0 aliphatic heterocycles. The maximum absolute atomic E-state index is 11.6. The average molecular weight is 149 g/mol. The van der Waals surface area contributed by atoms with Gasteiger partial charge in [0.2, 0.25) is 0 Å². The second-order valence-corrected chi connectivity index (χ2v) is 2.28. The van der Waals surface area contributed by atoms with Crippen LogP contribution in [0.15, 0.2) is 0 Å².